The van der Waals surface area contributed by atoms with Gasteiger partial charge >= 0.3 is 0 Å². The molecule has 0 fully saturated rings. The minimum absolute atomic E-state index is 0.0442. The largest absolute Gasteiger partial charge is 0.493 e. The molecule has 0 bridgehead atoms. The van der Waals surface area contributed by atoms with E-state index in [4.69, 9.17) is 14.5 Å². The number of hydrogen-bond acceptors (Lipinski definition) is 7. The highest BCUT2D eigenvalue weighted by Gasteiger charge is 2.35. The van der Waals surface area contributed by atoms with Gasteiger partial charge in [-0.15, -0.1) is 0 Å². The van der Waals surface area contributed by atoms with Crippen LogP contribution in [0.4, 0.5) is 5.95 Å². The minimum atomic E-state index is -0.471. The molecule has 0 amide bonds. The third-order valence-electron chi connectivity index (χ3n) is 5.32. The fourth-order valence-electron chi connectivity index (χ4n) is 3.94. The summed E-state index contributed by atoms with van der Waals surface area (Å²) >= 11 is 0. The summed E-state index contributed by atoms with van der Waals surface area (Å²) in [7, 11) is 5.45. The van der Waals surface area contributed by atoms with Gasteiger partial charge in [-0.3, -0.25) is 4.99 Å². The van der Waals surface area contributed by atoms with Crippen molar-refractivity contribution in [2.24, 2.45) is 4.99 Å². The van der Waals surface area contributed by atoms with Gasteiger partial charge in [0.25, 0.3) is 0 Å². The van der Waals surface area contributed by atoms with E-state index >= 15 is 0 Å². The van der Waals surface area contributed by atoms with Gasteiger partial charge in [0.15, 0.2) is 11.5 Å². The molecule has 7 nitrogen and oxygen atoms in total. The zero-order chi connectivity index (χ0) is 20.5. The van der Waals surface area contributed by atoms with Crippen LogP contribution < -0.4 is 14.4 Å². The maximum Gasteiger partial charge on any atom is 0.224 e. The van der Waals surface area contributed by atoms with Crippen LogP contribution in [0.2, 0.25) is 0 Å². The Hall–Kier alpha value is -2.93. The average molecular weight is 394 g/mol. The van der Waals surface area contributed by atoms with Crippen molar-refractivity contribution in [3.8, 4) is 11.5 Å². The number of ether oxygens (including phenoxy) is 2. The zero-order valence-corrected chi connectivity index (χ0v) is 17.2. The average Bonchev–Trinajstić information content (AvgIpc) is 2.73. The Morgan fingerprint density at radius 2 is 1.90 bits per heavy atom. The number of aliphatic hydroxyl groups excluding tert-OH is 1. The van der Waals surface area contributed by atoms with Gasteiger partial charge in [0.05, 0.1) is 31.6 Å². The fourth-order valence-corrected chi connectivity index (χ4v) is 3.94. The molecule has 1 aliphatic heterocycles. The van der Waals surface area contributed by atoms with Crippen LogP contribution in [-0.2, 0) is 0 Å². The Labute approximate surface area is 170 Å². The van der Waals surface area contributed by atoms with E-state index in [9.17, 15) is 5.11 Å². The second-order valence-electron chi connectivity index (χ2n) is 7.45. The predicted octanol–water partition coefficient (Wildman–Crippen LogP) is 2.57. The van der Waals surface area contributed by atoms with Crippen LogP contribution in [0.15, 0.2) is 41.7 Å². The number of nitrogens with zero attached hydrogens (tertiary/aromatic N) is 4. The Morgan fingerprint density at radius 1 is 1.14 bits per heavy atom. The first kappa shape index (κ1) is 19.4. The van der Waals surface area contributed by atoms with Gasteiger partial charge < -0.3 is 19.5 Å². The summed E-state index contributed by atoms with van der Waals surface area (Å²) in [5.74, 6) is 2.10. The summed E-state index contributed by atoms with van der Waals surface area (Å²) in [5, 5.41) is 10.2. The van der Waals surface area contributed by atoms with Crippen LogP contribution in [0.3, 0.4) is 0 Å². The lowest BCUT2D eigenvalue weighted by atomic mass is 9.77. The van der Waals surface area contributed by atoms with E-state index in [0.29, 0.717) is 30.5 Å². The molecule has 2 heterocycles. The molecule has 1 aromatic carbocycles. The second kappa shape index (κ2) is 7.83. The highest BCUT2D eigenvalue weighted by atomic mass is 16.5. The van der Waals surface area contributed by atoms with Gasteiger partial charge in [0.2, 0.25) is 5.95 Å². The van der Waals surface area contributed by atoms with Crippen molar-refractivity contribution in [3.05, 3.63) is 53.4 Å². The SMILES string of the molecule is CCOc1cc2c(cc1OC)C(c1cnc(N(C)C)nc1)=N[C@@H]1C=C[C@H](O)C[C@H]21. The lowest BCUT2D eigenvalue weighted by Crippen LogP contribution is -2.31. The molecule has 2 aromatic rings. The summed E-state index contributed by atoms with van der Waals surface area (Å²) < 4.78 is 11.4. The number of aliphatic imine (C=N–C) groups is 1. The molecule has 4 rings (SSSR count). The number of aliphatic hydroxyl groups is 1. The molecule has 1 aromatic heterocycles. The molecular formula is C22H26N4O3. The summed E-state index contributed by atoms with van der Waals surface area (Å²) in [6.45, 7) is 2.50. The first-order chi connectivity index (χ1) is 14.0. The Balaban J connectivity index is 1.87. The number of anilines is 1. The van der Waals surface area contributed by atoms with Gasteiger partial charge in [-0.2, -0.15) is 0 Å². The molecule has 3 atom stereocenters. The van der Waals surface area contributed by atoms with Gasteiger partial charge in [-0.1, -0.05) is 12.2 Å². The number of benzene rings is 1. The van der Waals surface area contributed by atoms with Gasteiger partial charge in [-0.05, 0) is 31.0 Å². The zero-order valence-electron chi connectivity index (χ0n) is 17.2. The Morgan fingerprint density at radius 3 is 2.55 bits per heavy atom. The number of rotatable bonds is 5. The normalized spacial score (nSPS) is 22.4. The van der Waals surface area contributed by atoms with E-state index in [0.717, 1.165) is 22.4 Å². The molecule has 0 saturated heterocycles. The Bertz CT molecular complexity index is 953. The molecule has 0 spiro atoms. The van der Waals surface area contributed by atoms with Crippen molar-refractivity contribution in [1.29, 1.82) is 0 Å². The van der Waals surface area contributed by atoms with E-state index in [-0.39, 0.29) is 12.0 Å². The van der Waals surface area contributed by atoms with Crippen molar-refractivity contribution in [3.63, 3.8) is 0 Å². The predicted molar refractivity (Wildman–Crippen MR) is 112 cm³/mol. The summed E-state index contributed by atoms with van der Waals surface area (Å²) in [6.07, 6.45) is 7.57. The van der Waals surface area contributed by atoms with E-state index in [1.54, 1.807) is 19.5 Å². The number of aromatic nitrogens is 2. The summed E-state index contributed by atoms with van der Waals surface area (Å²) in [6, 6.07) is 3.96. The molecule has 29 heavy (non-hydrogen) atoms. The third kappa shape index (κ3) is 3.58. The van der Waals surface area contributed by atoms with Gasteiger partial charge in [0.1, 0.15) is 0 Å². The van der Waals surface area contributed by atoms with E-state index < -0.39 is 6.10 Å². The third-order valence-corrected chi connectivity index (χ3v) is 5.32. The van der Waals surface area contributed by atoms with Crippen molar-refractivity contribution in [1.82, 2.24) is 9.97 Å². The standard InChI is InChI=1S/C22H26N4O3/c1-5-29-20-9-15-16-8-14(27)6-7-18(16)25-21(17(15)10-19(20)28-4)13-11-23-22(24-12-13)26(2)3/h6-7,9-12,14,16,18,27H,5,8H2,1-4H3/t14-,16+,18+/m0/s1. The van der Waals surface area contributed by atoms with E-state index in [1.165, 1.54) is 0 Å². The fraction of sp³-hybridized carbons (Fsp3) is 0.409. The highest BCUT2D eigenvalue weighted by Crippen LogP contribution is 2.43. The van der Waals surface area contributed by atoms with Crippen LogP contribution in [0.25, 0.3) is 0 Å². The molecule has 0 unspecified atom stereocenters. The lowest BCUT2D eigenvalue weighted by molar-refractivity contribution is 0.190. The molecule has 7 heteroatoms. The topological polar surface area (TPSA) is 80.1 Å². The Kier molecular flexibility index (Phi) is 5.24. The number of hydrogen-bond donors (Lipinski definition) is 1. The first-order valence-electron chi connectivity index (χ1n) is 9.80. The van der Waals surface area contributed by atoms with Crippen LogP contribution in [-0.4, -0.2) is 60.7 Å². The highest BCUT2D eigenvalue weighted by molar-refractivity contribution is 6.14. The molecule has 0 radical (unpaired) electrons. The minimum Gasteiger partial charge on any atom is -0.493 e. The van der Waals surface area contributed by atoms with Crippen molar-refractivity contribution < 1.29 is 14.6 Å². The van der Waals surface area contributed by atoms with E-state index in [1.807, 2.05) is 50.2 Å². The summed E-state index contributed by atoms with van der Waals surface area (Å²) in [5.41, 5.74) is 3.74. The molecule has 0 saturated carbocycles. The second-order valence-corrected chi connectivity index (χ2v) is 7.45. The van der Waals surface area contributed by atoms with Crippen LogP contribution in [0.1, 0.15) is 36.0 Å². The van der Waals surface area contributed by atoms with Crippen molar-refractivity contribution in [2.75, 3.05) is 32.7 Å². The maximum atomic E-state index is 10.2. The first-order valence-corrected chi connectivity index (χ1v) is 9.80. The summed E-state index contributed by atoms with van der Waals surface area (Å²) in [4.78, 5) is 15.8. The van der Waals surface area contributed by atoms with Crippen molar-refractivity contribution >= 4 is 11.7 Å². The maximum absolute atomic E-state index is 10.2. The van der Waals surface area contributed by atoms with Crippen LogP contribution in [0.5, 0.6) is 11.5 Å². The molecule has 2 aliphatic rings. The number of methoxy groups -OCH3 is 1. The molecule has 1 aliphatic carbocycles. The molecule has 1 N–H and O–H groups in total. The molecular weight excluding hydrogens is 368 g/mol. The number of fused-ring (bicyclic) bond motifs is 3. The van der Waals surface area contributed by atoms with Gasteiger partial charge in [0, 0.05) is 43.5 Å². The quantitative estimate of drug-likeness (QED) is 0.785. The van der Waals surface area contributed by atoms with Gasteiger partial charge in [-0.25, -0.2) is 9.97 Å². The monoisotopic (exact) mass is 394 g/mol. The van der Waals surface area contributed by atoms with E-state index in [2.05, 4.69) is 9.97 Å². The van der Waals surface area contributed by atoms with Crippen molar-refractivity contribution in [2.45, 2.75) is 31.4 Å². The lowest BCUT2D eigenvalue weighted by Gasteiger charge is -2.34. The van der Waals surface area contributed by atoms with Crippen LogP contribution >= 0.6 is 0 Å². The van der Waals surface area contributed by atoms with Crippen LogP contribution in [0, 0.1) is 0 Å². The smallest absolute Gasteiger partial charge is 0.224 e. The molecule has 152 valence electrons.